The van der Waals surface area contributed by atoms with Crippen LogP contribution in [0.2, 0.25) is 0 Å². The van der Waals surface area contributed by atoms with Crippen LogP contribution in [0.4, 0.5) is 0 Å². The van der Waals surface area contributed by atoms with Gasteiger partial charge in [-0.2, -0.15) is 0 Å². The molecule has 0 saturated carbocycles. The number of esters is 2. The normalized spacial score (nSPS) is 9.84. The number of carbonyl (C=O) groups excluding carboxylic acids is 2. The minimum absolute atomic E-state index is 0.0239. The topological polar surface area (TPSA) is 74.7 Å². The highest BCUT2D eigenvalue weighted by Gasteiger charge is 2.16. The molecule has 0 bridgehead atoms. The second kappa shape index (κ2) is 7.35. The molecule has 1 aromatic heterocycles. The Kier molecular flexibility index (Phi) is 5.78. The summed E-state index contributed by atoms with van der Waals surface area (Å²) in [7, 11) is 0. The van der Waals surface area contributed by atoms with Gasteiger partial charge in [0.15, 0.2) is 11.4 Å². The zero-order valence-corrected chi connectivity index (χ0v) is 11.3. The van der Waals surface area contributed by atoms with Crippen molar-refractivity contribution in [2.75, 3.05) is 19.8 Å². The smallest absolute Gasteiger partial charge is 0.357 e. The molecule has 0 aliphatic rings. The van der Waals surface area contributed by atoms with Gasteiger partial charge in [0.2, 0.25) is 0 Å². The molecular weight excluding hydrogens is 250 g/mol. The van der Waals surface area contributed by atoms with Crippen LogP contribution < -0.4 is 4.74 Å². The van der Waals surface area contributed by atoms with Crippen molar-refractivity contribution in [2.24, 2.45) is 0 Å². The lowest BCUT2D eigenvalue weighted by Gasteiger charge is -2.08. The molecule has 1 heterocycles. The maximum atomic E-state index is 11.6. The average molecular weight is 267 g/mol. The predicted octanol–water partition coefficient (Wildman–Crippen LogP) is 1.83. The molecule has 0 unspecified atom stereocenters. The molecule has 104 valence electrons. The molecule has 0 atom stereocenters. The van der Waals surface area contributed by atoms with Crippen LogP contribution in [0, 0.1) is 0 Å². The molecule has 0 spiro atoms. The first-order valence-electron chi connectivity index (χ1n) is 6.11. The first-order valence-corrected chi connectivity index (χ1v) is 6.11. The Bertz CT molecular complexity index is 422. The van der Waals surface area contributed by atoms with Crippen molar-refractivity contribution in [2.45, 2.75) is 20.8 Å². The van der Waals surface area contributed by atoms with Crippen molar-refractivity contribution in [1.82, 2.24) is 4.98 Å². The van der Waals surface area contributed by atoms with E-state index >= 15 is 0 Å². The highest BCUT2D eigenvalue weighted by molar-refractivity contribution is 5.92. The summed E-state index contributed by atoms with van der Waals surface area (Å²) in [5.41, 5.74) is 0.0479. The van der Waals surface area contributed by atoms with Crippen LogP contribution in [0.25, 0.3) is 0 Å². The van der Waals surface area contributed by atoms with Gasteiger partial charge in [-0.1, -0.05) is 0 Å². The summed E-state index contributed by atoms with van der Waals surface area (Å²) in [5.74, 6) is -0.826. The molecule has 1 rings (SSSR count). The number of rotatable bonds is 6. The highest BCUT2D eigenvalue weighted by atomic mass is 16.5. The van der Waals surface area contributed by atoms with E-state index in [0.29, 0.717) is 12.4 Å². The standard InChI is InChI=1S/C13H17NO5/c1-4-17-9-7-10(12(15)18-5-2)14-11(8-9)13(16)19-6-3/h7-8H,4-6H2,1-3H3. The van der Waals surface area contributed by atoms with E-state index in [1.54, 1.807) is 20.8 Å². The van der Waals surface area contributed by atoms with Gasteiger partial charge >= 0.3 is 11.9 Å². The summed E-state index contributed by atoms with van der Waals surface area (Å²) in [5, 5.41) is 0. The fourth-order valence-corrected chi connectivity index (χ4v) is 1.37. The maximum Gasteiger partial charge on any atom is 0.357 e. The second-order valence-corrected chi connectivity index (χ2v) is 3.45. The van der Waals surface area contributed by atoms with Crippen LogP contribution in [0.1, 0.15) is 41.7 Å². The fraction of sp³-hybridized carbons (Fsp3) is 0.462. The lowest BCUT2D eigenvalue weighted by Crippen LogP contribution is -2.13. The SMILES string of the molecule is CCOC(=O)c1cc(OCC)cc(C(=O)OCC)n1. The monoisotopic (exact) mass is 267 g/mol. The van der Waals surface area contributed by atoms with Crippen LogP contribution in [-0.2, 0) is 9.47 Å². The minimum Gasteiger partial charge on any atom is -0.494 e. The Morgan fingerprint density at radius 3 is 1.79 bits per heavy atom. The fourth-order valence-electron chi connectivity index (χ4n) is 1.37. The Hall–Kier alpha value is -2.11. The molecule has 6 nitrogen and oxygen atoms in total. The summed E-state index contributed by atoms with van der Waals surface area (Å²) < 4.78 is 15.0. The van der Waals surface area contributed by atoms with E-state index in [9.17, 15) is 9.59 Å². The third-order valence-corrected chi connectivity index (χ3v) is 2.08. The van der Waals surface area contributed by atoms with Crippen LogP contribution in [-0.4, -0.2) is 36.7 Å². The summed E-state index contributed by atoms with van der Waals surface area (Å²) in [4.78, 5) is 27.2. The Morgan fingerprint density at radius 2 is 1.42 bits per heavy atom. The number of hydrogen-bond donors (Lipinski definition) is 0. The van der Waals surface area contributed by atoms with Crippen molar-refractivity contribution in [3.63, 3.8) is 0 Å². The molecular formula is C13H17NO5. The van der Waals surface area contributed by atoms with Gasteiger partial charge in [0.1, 0.15) is 5.75 Å². The van der Waals surface area contributed by atoms with Gasteiger partial charge < -0.3 is 14.2 Å². The zero-order valence-electron chi connectivity index (χ0n) is 11.3. The lowest BCUT2D eigenvalue weighted by atomic mass is 10.2. The molecule has 0 radical (unpaired) electrons. The Morgan fingerprint density at radius 1 is 0.947 bits per heavy atom. The molecule has 19 heavy (non-hydrogen) atoms. The van der Waals surface area contributed by atoms with Crippen molar-refractivity contribution >= 4 is 11.9 Å². The number of pyridine rings is 1. The van der Waals surface area contributed by atoms with E-state index < -0.39 is 11.9 Å². The molecule has 0 aliphatic heterocycles. The Balaban J connectivity index is 3.09. The zero-order chi connectivity index (χ0) is 14.3. The first-order chi connectivity index (χ1) is 9.12. The molecule has 0 aliphatic carbocycles. The van der Waals surface area contributed by atoms with E-state index in [2.05, 4.69) is 4.98 Å². The van der Waals surface area contributed by atoms with Crippen LogP contribution in [0.3, 0.4) is 0 Å². The van der Waals surface area contributed by atoms with Gasteiger partial charge in [0.25, 0.3) is 0 Å². The lowest BCUT2D eigenvalue weighted by molar-refractivity contribution is 0.0510. The average Bonchev–Trinajstić information content (AvgIpc) is 2.39. The van der Waals surface area contributed by atoms with Crippen molar-refractivity contribution in [3.8, 4) is 5.75 Å². The summed E-state index contributed by atoms with van der Waals surface area (Å²) >= 11 is 0. The van der Waals surface area contributed by atoms with E-state index in [4.69, 9.17) is 14.2 Å². The largest absolute Gasteiger partial charge is 0.494 e. The summed E-state index contributed by atoms with van der Waals surface area (Å²) in [6.45, 7) is 6.05. The van der Waals surface area contributed by atoms with Gasteiger partial charge in [-0.25, -0.2) is 14.6 Å². The van der Waals surface area contributed by atoms with Crippen LogP contribution >= 0.6 is 0 Å². The van der Waals surface area contributed by atoms with Gasteiger partial charge in [0.05, 0.1) is 19.8 Å². The van der Waals surface area contributed by atoms with Gasteiger partial charge in [0, 0.05) is 12.1 Å². The molecule has 0 saturated heterocycles. The molecule has 0 amide bonds. The van der Waals surface area contributed by atoms with E-state index in [0.717, 1.165) is 0 Å². The van der Waals surface area contributed by atoms with Crippen LogP contribution in [0.5, 0.6) is 5.75 Å². The summed E-state index contributed by atoms with van der Waals surface area (Å²) in [6, 6.07) is 2.87. The Labute approximate surface area is 111 Å². The number of hydrogen-bond acceptors (Lipinski definition) is 6. The second-order valence-electron chi connectivity index (χ2n) is 3.45. The number of ether oxygens (including phenoxy) is 3. The third kappa shape index (κ3) is 4.24. The number of nitrogens with zero attached hydrogens (tertiary/aromatic N) is 1. The van der Waals surface area contributed by atoms with E-state index in [1.807, 2.05) is 0 Å². The number of carbonyl (C=O) groups is 2. The van der Waals surface area contributed by atoms with Crippen molar-refractivity contribution in [1.29, 1.82) is 0 Å². The molecule has 6 heteroatoms. The van der Waals surface area contributed by atoms with E-state index in [1.165, 1.54) is 12.1 Å². The van der Waals surface area contributed by atoms with Gasteiger partial charge in [-0.3, -0.25) is 0 Å². The molecule has 1 aromatic rings. The summed E-state index contributed by atoms with van der Waals surface area (Å²) in [6.07, 6.45) is 0. The minimum atomic E-state index is -0.602. The van der Waals surface area contributed by atoms with Gasteiger partial charge in [-0.05, 0) is 20.8 Å². The predicted molar refractivity (Wildman–Crippen MR) is 67.3 cm³/mol. The maximum absolute atomic E-state index is 11.6. The third-order valence-electron chi connectivity index (χ3n) is 2.08. The van der Waals surface area contributed by atoms with E-state index in [-0.39, 0.29) is 24.6 Å². The quantitative estimate of drug-likeness (QED) is 0.732. The van der Waals surface area contributed by atoms with Gasteiger partial charge in [-0.15, -0.1) is 0 Å². The molecule has 0 fully saturated rings. The first kappa shape index (κ1) is 14.9. The molecule has 0 aromatic carbocycles. The van der Waals surface area contributed by atoms with Crippen molar-refractivity contribution in [3.05, 3.63) is 23.5 Å². The van der Waals surface area contributed by atoms with Crippen LogP contribution in [0.15, 0.2) is 12.1 Å². The number of aromatic nitrogens is 1. The molecule has 0 N–H and O–H groups in total. The van der Waals surface area contributed by atoms with Crippen molar-refractivity contribution < 1.29 is 23.8 Å². The highest BCUT2D eigenvalue weighted by Crippen LogP contribution is 2.16.